The molecule has 0 atom stereocenters. The molecule has 0 saturated carbocycles. The summed E-state index contributed by atoms with van der Waals surface area (Å²) in [6.07, 6.45) is 0. The Morgan fingerprint density at radius 1 is 1.10 bits per heavy atom. The van der Waals surface area contributed by atoms with Crippen LogP contribution in [0.15, 0.2) is 47.4 Å². The van der Waals surface area contributed by atoms with Crippen molar-refractivity contribution >= 4 is 27.3 Å². The van der Waals surface area contributed by atoms with Crippen molar-refractivity contribution in [1.29, 1.82) is 0 Å². The van der Waals surface area contributed by atoms with Gasteiger partial charge in [0.1, 0.15) is 15.8 Å². The van der Waals surface area contributed by atoms with E-state index >= 15 is 0 Å². The number of rotatable bonds is 4. The molecule has 0 fully saturated rings. The SMILES string of the molecule is COc1ccc(S(=O)(=O)[N-]c2cccc(Cl)c2C)cc1. The largest absolute Gasteiger partial charge is 0.572 e. The van der Waals surface area contributed by atoms with E-state index in [0.29, 0.717) is 22.0 Å². The third-order valence-electron chi connectivity index (χ3n) is 2.81. The molecule has 0 aromatic heterocycles. The zero-order valence-corrected chi connectivity index (χ0v) is 12.6. The molecule has 0 aliphatic carbocycles. The molecule has 4 nitrogen and oxygen atoms in total. The number of halogens is 1. The molecule has 106 valence electrons. The fourth-order valence-corrected chi connectivity index (χ4v) is 2.84. The number of nitrogens with zero attached hydrogens (tertiary/aromatic N) is 1. The van der Waals surface area contributed by atoms with Crippen molar-refractivity contribution in [1.82, 2.24) is 0 Å². The molecule has 0 aliphatic rings. The summed E-state index contributed by atoms with van der Waals surface area (Å²) < 4.78 is 33.2. The van der Waals surface area contributed by atoms with E-state index in [2.05, 4.69) is 4.72 Å². The Hall–Kier alpha value is -1.72. The van der Waals surface area contributed by atoms with Crippen LogP contribution in [0.3, 0.4) is 0 Å². The quantitative estimate of drug-likeness (QED) is 0.856. The van der Waals surface area contributed by atoms with E-state index < -0.39 is 10.0 Å². The Balaban J connectivity index is 2.33. The standard InChI is InChI=1S/C14H13ClNO3S/c1-10-13(15)4-3-5-14(10)16-20(17,18)12-8-6-11(19-2)7-9-12/h3-9H,1-2H3/q-1. The number of sulfonamides is 1. The van der Waals surface area contributed by atoms with E-state index in [1.807, 2.05) is 0 Å². The van der Waals surface area contributed by atoms with Crippen molar-refractivity contribution in [2.75, 3.05) is 7.11 Å². The lowest BCUT2D eigenvalue weighted by Gasteiger charge is -2.24. The molecule has 0 bridgehead atoms. The summed E-state index contributed by atoms with van der Waals surface area (Å²) in [4.78, 5) is 0.109. The van der Waals surface area contributed by atoms with Crippen LogP contribution >= 0.6 is 11.6 Å². The molecule has 0 saturated heterocycles. The normalized spacial score (nSPS) is 11.2. The van der Waals surface area contributed by atoms with Crippen LogP contribution in [0.25, 0.3) is 4.72 Å². The minimum atomic E-state index is -3.77. The topological polar surface area (TPSA) is 57.5 Å². The van der Waals surface area contributed by atoms with Crippen molar-refractivity contribution in [3.63, 3.8) is 0 Å². The summed E-state index contributed by atoms with van der Waals surface area (Å²) in [6, 6.07) is 11.0. The van der Waals surface area contributed by atoms with Gasteiger partial charge in [-0.25, -0.2) is 8.42 Å². The van der Waals surface area contributed by atoms with Crippen molar-refractivity contribution in [2.24, 2.45) is 0 Å². The van der Waals surface area contributed by atoms with E-state index in [9.17, 15) is 8.42 Å². The Bertz CT molecular complexity index is 712. The summed E-state index contributed by atoms with van der Waals surface area (Å²) in [5.74, 6) is 0.586. The molecular formula is C14H13ClNO3S-. The van der Waals surface area contributed by atoms with Gasteiger partial charge in [0.05, 0.1) is 12.0 Å². The minimum absolute atomic E-state index is 0.109. The van der Waals surface area contributed by atoms with Gasteiger partial charge < -0.3 is 9.46 Å². The van der Waals surface area contributed by atoms with Gasteiger partial charge in [-0.15, -0.1) is 5.69 Å². The van der Waals surface area contributed by atoms with Gasteiger partial charge in [-0.1, -0.05) is 23.7 Å². The molecule has 2 aromatic carbocycles. The summed E-state index contributed by atoms with van der Waals surface area (Å²) in [6.45, 7) is 1.73. The lowest BCUT2D eigenvalue weighted by atomic mass is 10.2. The number of methoxy groups -OCH3 is 1. The van der Waals surface area contributed by atoms with Gasteiger partial charge in [0.2, 0.25) is 0 Å². The number of benzene rings is 2. The summed E-state index contributed by atoms with van der Waals surface area (Å²) in [5.41, 5.74) is 0.972. The van der Waals surface area contributed by atoms with E-state index in [0.717, 1.165) is 0 Å². The molecule has 0 amide bonds. The predicted molar refractivity (Wildman–Crippen MR) is 79.4 cm³/mol. The Kier molecular flexibility index (Phi) is 4.20. The average molecular weight is 311 g/mol. The summed E-state index contributed by atoms with van der Waals surface area (Å²) >= 11 is 5.96. The number of hydrogen-bond acceptors (Lipinski definition) is 3. The van der Waals surface area contributed by atoms with Crippen molar-refractivity contribution in [3.8, 4) is 5.75 Å². The minimum Gasteiger partial charge on any atom is -0.572 e. The van der Waals surface area contributed by atoms with Gasteiger partial charge in [-0.05, 0) is 42.8 Å². The molecular weight excluding hydrogens is 298 g/mol. The Labute approximate surface area is 123 Å². The molecule has 6 heteroatoms. The monoisotopic (exact) mass is 310 g/mol. The van der Waals surface area contributed by atoms with Gasteiger partial charge in [-0.3, -0.25) is 0 Å². The highest BCUT2D eigenvalue weighted by Crippen LogP contribution is 2.34. The van der Waals surface area contributed by atoms with Crippen LogP contribution in [0.4, 0.5) is 5.69 Å². The van der Waals surface area contributed by atoms with Crippen LogP contribution in [0.2, 0.25) is 5.02 Å². The number of hydrogen-bond donors (Lipinski definition) is 0. The first-order valence-electron chi connectivity index (χ1n) is 5.81. The molecule has 0 N–H and O–H groups in total. The van der Waals surface area contributed by atoms with Gasteiger partial charge in [-0.2, -0.15) is 0 Å². The van der Waals surface area contributed by atoms with Gasteiger partial charge in [0.25, 0.3) is 0 Å². The van der Waals surface area contributed by atoms with Crippen LogP contribution < -0.4 is 4.74 Å². The van der Waals surface area contributed by atoms with Crippen molar-refractivity contribution < 1.29 is 13.2 Å². The van der Waals surface area contributed by atoms with Crippen LogP contribution in [0.5, 0.6) is 5.75 Å². The van der Waals surface area contributed by atoms with Gasteiger partial charge >= 0.3 is 0 Å². The highest BCUT2D eigenvalue weighted by atomic mass is 35.5. The van der Waals surface area contributed by atoms with E-state index in [1.165, 1.54) is 19.2 Å². The second-order valence-electron chi connectivity index (χ2n) is 4.13. The second kappa shape index (κ2) is 5.73. The van der Waals surface area contributed by atoms with Crippen molar-refractivity contribution in [3.05, 3.63) is 57.8 Å². The molecule has 2 aromatic rings. The molecule has 0 heterocycles. The number of ether oxygens (including phenoxy) is 1. The molecule has 0 unspecified atom stereocenters. The lowest BCUT2D eigenvalue weighted by Crippen LogP contribution is -1.98. The van der Waals surface area contributed by atoms with Crippen LogP contribution in [0, 0.1) is 6.92 Å². The van der Waals surface area contributed by atoms with Crippen molar-refractivity contribution in [2.45, 2.75) is 11.8 Å². The predicted octanol–water partition coefficient (Wildman–Crippen LogP) is 4.05. The van der Waals surface area contributed by atoms with Crippen LogP contribution in [0.1, 0.15) is 5.56 Å². The van der Waals surface area contributed by atoms with E-state index in [4.69, 9.17) is 16.3 Å². The molecule has 0 aliphatic heterocycles. The summed E-state index contributed by atoms with van der Waals surface area (Å²) in [7, 11) is -2.25. The van der Waals surface area contributed by atoms with Crippen LogP contribution in [-0.4, -0.2) is 15.5 Å². The molecule has 0 radical (unpaired) electrons. The van der Waals surface area contributed by atoms with Crippen LogP contribution in [-0.2, 0) is 10.0 Å². The maximum absolute atomic E-state index is 12.2. The first-order chi connectivity index (χ1) is 9.44. The highest BCUT2D eigenvalue weighted by molar-refractivity contribution is 7.94. The first kappa shape index (κ1) is 14.7. The average Bonchev–Trinajstić information content (AvgIpc) is 2.44. The molecule has 20 heavy (non-hydrogen) atoms. The maximum atomic E-state index is 12.2. The zero-order chi connectivity index (χ0) is 14.8. The third-order valence-corrected chi connectivity index (χ3v) is 4.53. The lowest BCUT2D eigenvalue weighted by molar-refractivity contribution is 0.414. The summed E-state index contributed by atoms with van der Waals surface area (Å²) in [5, 5.41) is 0.483. The maximum Gasteiger partial charge on any atom is 0.123 e. The Morgan fingerprint density at radius 2 is 1.75 bits per heavy atom. The molecule has 2 rings (SSSR count). The fraction of sp³-hybridized carbons (Fsp3) is 0.143. The zero-order valence-electron chi connectivity index (χ0n) is 11.0. The highest BCUT2D eigenvalue weighted by Gasteiger charge is 2.06. The molecule has 0 spiro atoms. The fourth-order valence-electron chi connectivity index (χ4n) is 1.62. The van der Waals surface area contributed by atoms with Gasteiger partial charge in [0, 0.05) is 5.02 Å². The second-order valence-corrected chi connectivity index (χ2v) is 6.14. The Morgan fingerprint density at radius 3 is 2.35 bits per heavy atom. The third kappa shape index (κ3) is 3.05. The van der Waals surface area contributed by atoms with E-state index in [-0.39, 0.29) is 4.90 Å². The van der Waals surface area contributed by atoms with Gasteiger partial charge in [0.15, 0.2) is 0 Å². The first-order valence-corrected chi connectivity index (χ1v) is 7.63. The smallest absolute Gasteiger partial charge is 0.123 e. The van der Waals surface area contributed by atoms with E-state index in [1.54, 1.807) is 37.3 Å².